The van der Waals surface area contributed by atoms with E-state index in [-0.39, 0.29) is 24.5 Å². The van der Waals surface area contributed by atoms with Gasteiger partial charge in [0.25, 0.3) is 0 Å². The molecule has 0 spiro atoms. The fourth-order valence-corrected chi connectivity index (χ4v) is 7.49. The van der Waals surface area contributed by atoms with Crippen LogP contribution in [0.25, 0.3) is 0 Å². The predicted octanol–water partition coefficient (Wildman–Crippen LogP) is 15.5. The number of carboxylic acid groups (broad SMARTS) is 1. The van der Waals surface area contributed by atoms with Crippen LogP contribution < -0.4 is 5.32 Å². The summed E-state index contributed by atoms with van der Waals surface area (Å²) in [7, 11) is 0. The molecule has 0 aliphatic heterocycles. The van der Waals surface area contributed by atoms with Crippen LogP contribution in [-0.2, 0) is 19.1 Å². The van der Waals surface area contributed by atoms with Crippen molar-refractivity contribution in [1.82, 2.24) is 5.32 Å². The van der Waals surface area contributed by atoms with Crippen LogP contribution in [0.15, 0.2) is 24.3 Å². The number of hydrogen-bond acceptors (Lipinski definition) is 4. The van der Waals surface area contributed by atoms with Gasteiger partial charge in [0.1, 0.15) is 12.6 Å². The number of rotatable bonds is 45. The number of carbonyl (C=O) groups excluding carboxylic acids is 2. The maximum atomic E-state index is 12.8. The molecule has 0 saturated heterocycles. The third-order valence-electron chi connectivity index (χ3n) is 11.1. The van der Waals surface area contributed by atoms with Gasteiger partial charge in [-0.15, -0.1) is 0 Å². The molecule has 56 heavy (non-hydrogen) atoms. The van der Waals surface area contributed by atoms with Crippen molar-refractivity contribution in [3.63, 3.8) is 0 Å². The van der Waals surface area contributed by atoms with Crippen LogP contribution in [-0.4, -0.2) is 35.6 Å². The summed E-state index contributed by atoms with van der Waals surface area (Å²) in [5.41, 5.74) is 0. The Balaban J connectivity index is 4.00. The first-order chi connectivity index (χ1) is 27.5. The van der Waals surface area contributed by atoms with Gasteiger partial charge in [-0.1, -0.05) is 205 Å². The maximum absolute atomic E-state index is 12.8. The van der Waals surface area contributed by atoms with Gasteiger partial charge in [0.2, 0.25) is 5.91 Å². The lowest BCUT2D eigenvalue weighted by Gasteiger charge is -2.18. The molecule has 0 aliphatic carbocycles. The molecule has 2 N–H and O–H groups in total. The number of carboxylic acids is 1. The smallest absolute Gasteiger partial charge is 0.322 e. The van der Waals surface area contributed by atoms with Crippen LogP contribution >= 0.6 is 0 Å². The SMILES string of the molecule is CCCCCCC/C=C\C/C=C\CCCCCCCCCCCCCC(=O)OC(CCCCCCCCCCCCC)CCCCCCCC(=O)NCC(=O)O. The summed E-state index contributed by atoms with van der Waals surface area (Å²) in [6, 6.07) is 0. The Kier molecular flexibility index (Phi) is 43.9. The molecule has 0 radical (unpaired) electrons. The lowest BCUT2D eigenvalue weighted by atomic mass is 10.0. The van der Waals surface area contributed by atoms with Crippen LogP contribution in [0.1, 0.15) is 264 Å². The standard InChI is InChI=1S/C50H93NO5/c1-3-5-7-9-11-13-15-16-17-18-19-20-21-22-23-24-25-26-28-30-32-37-41-45-50(55)56-47(42-38-34-31-29-27-14-12-10-8-6-4-2)43-39-35-33-36-40-44-48(52)51-46-49(53)54/h15-16,18-19,47H,3-14,17,20-46H2,1-2H3,(H,51,52)(H,53,54)/b16-15-,19-18-. The Hall–Kier alpha value is -2.11. The molecule has 6 nitrogen and oxygen atoms in total. The van der Waals surface area contributed by atoms with Gasteiger partial charge in [-0.3, -0.25) is 14.4 Å². The number of aliphatic carboxylic acids is 1. The molecule has 0 saturated carbocycles. The molecule has 0 bridgehead atoms. The van der Waals surface area contributed by atoms with Gasteiger partial charge in [0.05, 0.1) is 0 Å². The normalized spacial score (nSPS) is 12.2. The zero-order valence-corrected chi connectivity index (χ0v) is 37.3. The van der Waals surface area contributed by atoms with Crippen molar-refractivity contribution < 1.29 is 24.2 Å². The van der Waals surface area contributed by atoms with Gasteiger partial charge in [-0.2, -0.15) is 0 Å². The van der Waals surface area contributed by atoms with Gasteiger partial charge in [0.15, 0.2) is 0 Å². The molecule has 1 amide bonds. The molecule has 0 aromatic rings. The summed E-state index contributed by atoms with van der Waals surface area (Å²) in [4.78, 5) is 35.1. The van der Waals surface area contributed by atoms with Crippen molar-refractivity contribution in [2.75, 3.05) is 6.54 Å². The molecule has 1 atom stereocenters. The number of carbonyl (C=O) groups is 3. The summed E-state index contributed by atoms with van der Waals surface area (Å²) in [6.45, 7) is 4.24. The first kappa shape index (κ1) is 53.9. The quantitative estimate of drug-likeness (QED) is 0.0364. The Bertz CT molecular complexity index is 915. The Morgan fingerprint density at radius 1 is 0.464 bits per heavy atom. The average molecular weight is 788 g/mol. The highest BCUT2D eigenvalue weighted by molar-refractivity contribution is 5.80. The number of nitrogens with one attached hydrogen (secondary N) is 1. The molecule has 328 valence electrons. The minimum Gasteiger partial charge on any atom is -0.480 e. The molecule has 0 aromatic carbocycles. The first-order valence-corrected chi connectivity index (χ1v) is 24.5. The highest BCUT2D eigenvalue weighted by Crippen LogP contribution is 2.19. The third kappa shape index (κ3) is 44.6. The van der Waals surface area contributed by atoms with Gasteiger partial charge in [-0.25, -0.2) is 0 Å². The lowest BCUT2D eigenvalue weighted by molar-refractivity contribution is -0.150. The second-order valence-electron chi connectivity index (χ2n) is 16.7. The van der Waals surface area contributed by atoms with E-state index in [2.05, 4.69) is 43.5 Å². The van der Waals surface area contributed by atoms with Crippen LogP contribution in [0.5, 0.6) is 0 Å². The first-order valence-electron chi connectivity index (χ1n) is 24.5. The number of hydrogen-bond donors (Lipinski definition) is 2. The number of unbranched alkanes of at least 4 members (excludes halogenated alkanes) is 30. The molecular formula is C50H93NO5. The van der Waals surface area contributed by atoms with Crippen molar-refractivity contribution >= 4 is 17.8 Å². The Morgan fingerprint density at radius 3 is 1.23 bits per heavy atom. The summed E-state index contributed by atoms with van der Waals surface area (Å²) < 4.78 is 6.05. The van der Waals surface area contributed by atoms with Crippen molar-refractivity contribution in [3.8, 4) is 0 Å². The Morgan fingerprint density at radius 2 is 0.821 bits per heavy atom. The molecule has 0 fully saturated rings. The number of ether oxygens (including phenoxy) is 1. The summed E-state index contributed by atoms with van der Waals surface area (Å²) in [6.07, 6.45) is 56.0. The van der Waals surface area contributed by atoms with Gasteiger partial charge < -0.3 is 15.2 Å². The highest BCUT2D eigenvalue weighted by Gasteiger charge is 2.14. The maximum Gasteiger partial charge on any atom is 0.322 e. The zero-order chi connectivity index (χ0) is 40.8. The molecule has 0 rings (SSSR count). The van der Waals surface area contributed by atoms with Crippen molar-refractivity contribution in [1.29, 1.82) is 0 Å². The largest absolute Gasteiger partial charge is 0.480 e. The van der Waals surface area contributed by atoms with Crippen LogP contribution in [0.2, 0.25) is 0 Å². The lowest BCUT2D eigenvalue weighted by Crippen LogP contribution is -2.28. The fourth-order valence-electron chi connectivity index (χ4n) is 7.49. The summed E-state index contributed by atoms with van der Waals surface area (Å²) >= 11 is 0. The van der Waals surface area contributed by atoms with E-state index < -0.39 is 5.97 Å². The molecule has 1 unspecified atom stereocenters. The molecule has 6 heteroatoms. The van der Waals surface area contributed by atoms with Crippen molar-refractivity contribution in [3.05, 3.63) is 24.3 Å². The van der Waals surface area contributed by atoms with Crippen LogP contribution in [0.3, 0.4) is 0 Å². The van der Waals surface area contributed by atoms with E-state index in [1.807, 2.05) is 0 Å². The second-order valence-corrected chi connectivity index (χ2v) is 16.7. The molecule has 0 aromatic heterocycles. The summed E-state index contributed by atoms with van der Waals surface area (Å²) in [5.74, 6) is -1.22. The topological polar surface area (TPSA) is 92.7 Å². The van der Waals surface area contributed by atoms with E-state index in [0.717, 1.165) is 70.6 Å². The van der Waals surface area contributed by atoms with E-state index in [1.165, 1.54) is 167 Å². The minimum atomic E-state index is -1.01. The molecule has 0 aliphatic rings. The predicted molar refractivity (Wildman–Crippen MR) is 240 cm³/mol. The van der Waals surface area contributed by atoms with E-state index in [1.54, 1.807) is 0 Å². The fraction of sp³-hybridized carbons (Fsp3) is 0.860. The average Bonchev–Trinajstić information content (AvgIpc) is 3.18. The number of allylic oxidation sites excluding steroid dienone is 4. The van der Waals surface area contributed by atoms with Crippen molar-refractivity contribution in [2.45, 2.75) is 270 Å². The molecular weight excluding hydrogens is 695 g/mol. The molecule has 0 heterocycles. The zero-order valence-electron chi connectivity index (χ0n) is 37.3. The van der Waals surface area contributed by atoms with E-state index >= 15 is 0 Å². The van der Waals surface area contributed by atoms with Crippen LogP contribution in [0, 0.1) is 0 Å². The number of amides is 1. The van der Waals surface area contributed by atoms with Gasteiger partial charge in [-0.05, 0) is 70.6 Å². The number of esters is 1. The highest BCUT2D eigenvalue weighted by atomic mass is 16.5. The monoisotopic (exact) mass is 788 g/mol. The van der Waals surface area contributed by atoms with E-state index in [9.17, 15) is 14.4 Å². The second kappa shape index (κ2) is 45.6. The minimum absolute atomic E-state index is 0.0127. The van der Waals surface area contributed by atoms with Gasteiger partial charge >= 0.3 is 11.9 Å². The van der Waals surface area contributed by atoms with Gasteiger partial charge in [0, 0.05) is 12.8 Å². The third-order valence-corrected chi connectivity index (χ3v) is 11.1. The van der Waals surface area contributed by atoms with E-state index in [4.69, 9.17) is 9.84 Å². The van der Waals surface area contributed by atoms with Crippen molar-refractivity contribution in [2.24, 2.45) is 0 Å². The van der Waals surface area contributed by atoms with Crippen LogP contribution in [0.4, 0.5) is 0 Å². The Labute approximate surface area is 347 Å². The van der Waals surface area contributed by atoms with E-state index in [0.29, 0.717) is 12.8 Å². The summed E-state index contributed by atoms with van der Waals surface area (Å²) in [5, 5.41) is 11.1.